The van der Waals surface area contributed by atoms with Crippen LogP contribution in [0, 0.1) is 0 Å². The maximum absolute atomic E-state index is 12.8. The van der Waals surface area contributed by atoms with Crippen LogP contribution in [0.4, 0.5) is 0 Å². The van der Waals surface area contributed by atoms with Crippen LogP contribution in [0.15, 0.2) is 41.1 Å². The molecule has 2 rings (SSSR count). The molecule has 0 fully saturated rings. The van der Waals surface area contributed by atoms with Gasteiger partial charge in [0.25, 0.3) is 0 Å². The number of ether oxygens (including phenoxy) is 1. The molecule has 0 saturated heterocycles. The summed E-state index contributed by atoms with van der Waals surface area (Å²) in [6, 6.07) is 7.25. The predicted molar refractivity (Wildman–Crippen MR) is 96.9 cm³/mol. The van der Waals surface area contributed by atoms with E-state index in [2.05, 4.69) is 26.3 Å². The SMILES string of the molecule is CCN(CCOc1ccc(Br)cc1)C(=O)C(NC)c1cnn(C)c1. The van der Waals surface area contributed by atoms with Gasteiger partial charge in [-0.15, -0.1) is 0 Å². The Bertz CT molecular complexity index is 657. The number of carbonyl (C=O) groups is 1. The molecule has 7 heteroatoms. The minimum Gasteiger partial charge on any atom is -0.492 e. The Balaban J connectivity index is 1.93. The largest absolute Gasteiger partial charge is 0.492 e. The van der Waals surface area contributed by atoms with E-state index in [-0.39, 0.29) is 5.91 Å². The maximum atomic E-state index is 12.8. The average molecular weight is 395 g/mol. The number of nitrogens with zero attached hydrogens (tertiary/aromatic N) is 3. The van der Waals surface area contributed by atoms with Crippen molar-refractivity contribution in [3.63, 3.8) is 0 Å². The van der Waals surface area contributed by atoms with E-state index in [0.29, 0.717) is 19.7 Å². The van der Waals surface area contributed by atoms with Crippen molar-refractivity contribution in [3.05, 3.63) is 46.7 Å². The first-order valence-electron chi connectivity index (χ1n) is 7.88. The van der Waals surface area contributed by atoms with E-state index in [9.17, 15) is 4.79 Å². The van der Waals surface area contributed by atoms with Crippen molar-refractivity contribution in [2.75, 3.05) is 26.7 Å². The highest BCUT2D eigenvalue weighted by molar-refractivity contribution is 9.10. The van der Waals surface area contributed by atoms with Crippen molar-refractivity contribution in [2.45, 2.75) is 13.0 Å². The van der Waals surface area contributed by atoms with Gasteiger partial charge in [0.15, 0.2) is 0 Å². The monoisotopic (exact) mass is 394 g/mol. The molecule has 1 atom stereocenters. The molecule has 0 saturated carbocycles. The summed E-state index contributed by atoms with van der Waals surface area (Å²) in [7, 11) is 3.62. The second kappa shape index (κ2) is 8.84. The lowest BCUT2D eigenvalue weighted by atomic mass is 10.1. The van der Waals surface area contributed by atoms with Crippen LogP contribution in [0.1, 0.15) is 18.5 Å². The van der Waals surface area contributed by atoms with Gasteiger partial charge in [-0.05, 0) is 38.2 Å². The summed E-state index contributed by atoms with van der Waals surface area (Å²) in [5.74, 6) is 0.812. The van der Waals surface area contributed by atoms with Crippen LogP contribution in [-0.4, -0.2) is 47.3 Å². The third-order valence-corrected chi connectivity index (χ3v) is 4.26. The number of carbonyl (C=O) groups excluding carboxylic acids is 1. The first-order chi connectivity index (χ1) is 11.5. The number of likely N-dealkylation sites (N-methyl/N-ethyl adjacent to an activating group) is 2. The molecular weight excluding hydrogens is 372 g/mol. The fourth-order valence-electron chi connectivity index (χ4n) is 2.43. The fourth-order valence-corrected chi connectivity index (χ4v) is 2.70. The van der Waals surface area contributed by atoms with E-state index < -0.39 is 6.04 Å². The van der Waals surface area contributed by atoms with Gasteiger partial charge in [-0.3, -0.25) is 9.48 Å². The van der Waals surface area contributed by atoms with E-state index in [1.165, 1.54) is 0 Å². The van der Waals surface area contributed by atoms with Gasteiger partial charge in [0.1, 0.15) is 18.4 Å². The van der Waals surface area contributed by atoms with Crippen molar-refractivity contribution >= 4 is 21.8 Å². The summed E-state index contributed by atoms with van der Waals surface area (Å²) in [6.45, 7) is 3.57. The number of rotatable bonds is 8. The second-order valence-electron chi connectivity index (χ2n) is 5.39. The van der Waals surface area contributed by atoms with E-state index in [1.807, 2.05) is 44.4 Å². The van der Waals surface area contributed by atoms with Crippen molar-refractivity contribution < 1.29 is 9.53 Å². The number of halogens is 1. The van der Waals surface area contributed by atoms with Gasteiger partial charge in [-0.25, -0.2) is 0 Å². The fraction of sp³-hybridized carbons (Fsp3) is 0.412. The first-order valence-corrected chi connectivity index (χ1v) is 8.67. The summed E-state index contributed by atoms with van der Waals surface area (Å²) in [6.07, 6.45) is 3.57. The molecule has 0 radical (unpaired) electrons. The maximum Gasteiger partial charge on any atom is 0.244 e. The topological polar surface area (TPSA) is 59.4 Å². The van der Waals surface area contributed by atoms with E-state index in [4.69, 9.17) is 4.74 Å². The summed E-state index contributed by atoms with van der Waals surface area (Å²) >= 11 is 3.39. The lowest BCUT2D eigenvalue weighted by Crippen LogP contribution is -2.41. The number of benzene rings is 1. The van der Waals surface area contributed by atoms with Gasteiger partial charge in [-0.2, -0.15) is 5.10 Å². The van der Waals surface area contributed by atoms with Gasteiger partial charge in [0, 0.05) is 29.8 Å². The Morgan fingerprint density at radius 1 is 1.42 bits per heavy atom. The molecule has 0 aliphatic carbocycles. The highest BCUT2D eigenvalue weighted by Crippen LogP contribution is 2.17. The normalized spacial score (nSPS) is 12.0. The Morgan fingerprint density at radius 2 is 2.12 bits per heavy atom. The lowest BCUT2D eigenvalue weighted by Gasteiger charge is -2.25. The van der Waals surface area contributed by atoms with E-state index in [0.717, 1.165) is 15.8 Å². The third kappa shape index (κ3) is 4.82. The molecular formula is C17H23BrN4O2. The molecule has 1 heterocycles. The minimum absolute atomic E-state index is 0.0207. The molecule has 1 amide bonds. The third-order valence-electron chi connectivity index (χ3n) is 3.73. The molecule has 24 heavy (non-hydrogen) atoms. The summed E-state index contributed by atoms with van der Waals surface area (Å²) in [5, 5.41) is 7.21. The zero-order valence-electron chi connectivity index (χ0n) is 14.2. The number of hydrogen-bond acceptors (Lipinski definition) is 4. The smallest absolute Gasteiger partial charge is 0.244 e. The van der Waals surface area contributed by atoms with Crippen LogP contribution in [0.2, 0.25) is 0 Å². The molecule has 1 aromatic carbocycles. The van der Waals surface area contributed by atoms with Crippen LogP contribution in [-0.2, 0) is 11.8 Å². The second-order valence-corrected chi connectivity index (χ2v) is 6.30. The summed E-state index contributed by atoms with van der Waals surface area (Å²) in [4.78, 5) is 14.6. The lowest BCUT2D eigenvalue weighted by molar-refractivity contribution is -0.133. The standard InChI is InChI=1S/C17H23BrN4O2/c1-4-22(9-10-24-15-7-5-14(18)6-8-15)17(23)16(19-2)13-11-20-21(3)12-13/h5-8,11-12,16,19H,4,9-10H2,1-3H3. The highest BCUT2D eigenvalue weighted by Gasteiger charge is 2.24. The zero-order valence-corrected chi connectivity index (χ0v) is 15.8. The van der Waals surface area contributed by atoms with Gasteiger partial charge in [-0.1, -0.05) is 15.9 Å². The van der Waals surface area contributed by atoms with Gasteiger partial charge in [0.2, 0.25) is 5.91 Å². The Hall–Kier alpha value is -1.86. The van der Waals surface area contributed by atoms with Crippen LogP contribution < -0.4 is 10.1 Å². The molecule has 0 bridgehead atoms. The quantitative estimate of drug-likeness (QED) is 0.746. The van der Waals surface area contributed by atoms with Crippen LogP contribution in [0.3, 0.4) is 0 Å². The van der Waals surface area contributed by atoms with Crippen LogP contribution in [0.5, 0.6) is 5.75 Å². The minimum atomic E-state index is -0.397. The Labute approximate surface area is 150 Å². The zero-order chi connectivity index (χ0) is 17.5. The molecule has 0 aliphatic heterocycles. The van der Waals surface area contributed by atoms with Crippen LogP contribution in [0.25, 0.3) is 0 Å². The molecule has 1 unspecified atom stereocenters. The van der Waals surface area contributed by atoms with Gasteiger partial charge < -0.3 is 15.0 Å². The molecule has 2 aromatic rings. The summed E-state index contributed by atoms with van der Waals surface area (Å²) in [5.41, 5.74) is 0.859. The molecule has 0 spiro atoms. The number of amides is 1. The first kappa shape index (κ1) is 18.5. The van der Waals surface area contributed by atoms with Gasteiger partial charge in [0.05, 0.1) is 12.7 Å². The summed E-state index contributed by atoms with van der Waals surface area (Å²) < 4.78 is 8.42. The van der Waals surface area contributed by atoms with Crippen molar-refractivity contribution in [1.29, 1.82) is 0 Å². The van der Waals surface area contributed by atoms with Crippen molar-refractivity contribution in [2.24, 2.45) is 7.05 Å². The predicted octanol–water partition coefficient (Wildman–Crippen LogP) is 2.37. The highest BCUT2D eigenvalue weighted by atomic mass is 79.9. The molecule has 130 valence electrons. The van der Waals surface area contributed by atoms with Crippen molar-refractivity contribution in [3.8, 4) is 5.75 Å². The molecule has 1 N–H and O–H groups in total. The molecule has 0 aliphatic rings. The molecule has 1 aromatic heterocycles. The average Bonchev–Trinajstić information content (AvgIpc) is 3.00. The Kier molecular flexibility index (Phi) is 6.81. The van der Waals surface area contributed by atoms with Crippen molar-refractivity contribution in [1.82, 2.24) is 20.0 Å². The number of nitrogens with one attached hydrogen (secondary N) is 1. The van der Waals surface area contributed by atoms with E-state index >= 15 is 0 Å². The van der Waals surface area contributed by atoms with Gasteiger partial charge >= 0.3 is 0 Å². The number of aromatic nitrogens is 2. The van der Waals surface area contributed by atoms with Crippen LogP contribution >= 0.6 is 15.9 Å². The number of aryl methyl sites for hydroxylation is 1. The van der Waals surface area contributed by atoms with E-state index in [1.54, 1.807) is 22.8 Å². The number of hydrogen-bond donors (Lipinski definition) is 1. The Morgan fingerprint density at radius 3 is 2.67 bits per heavy atom. The molecule has 6 nitrogen and oxygen atoms in total.